The summed E-state index contributed by atoms with van der Waals surface area (Å²) >= 11 is 1.19. The van der Waals surface area contributed by atoms with Gasteiger partial charge >= 0.3 is 11.7 Å². The summed E-state index contributed by atoms with van der Waals surface area (Å²) in [6.45, 7) is 4.16. The SMILES string of the molecule is CCn1c(CSc2nc(=O)[nH]c(C)c2C(=O)OC)nc2c(F)cccc21. The summed E-state index contributed by atoms with van der Waals surface area (Å²) in [7, 11) is 1.26. The predicted molar refractivity (Wildman–Crippen MR) is 95.9 cm³/mol. The molecule has 1 aromatic carbocycles. The first kappa shape index (κ1) is 18.1. The van der Waals surface area contributed by atoms with Gasteiger partial charge in [0, 0.05) is 12.2 Å². The van der Waals surface area contributed by atoms with Crippen LogP contribution in [0.1, 0.15) is 28.8 Å². The molecule has 2 aromatic heterocycles. The highest BCUT2D eigenvalue weighted by Gasteiger charge is 2.20. The van der Waals surface area contributed by atoms with Gasteiger partial charge in [-0.25, -0.2) is 19.0 Å². The van der Waals surface area contributed by atoms with Crippen LogP contribution in [0.5, 0.6) is 0 Å². The van der Waals surface area contributed by atoms with Crippen LogP contribution in [0.2, 0.25) is 0 Å². The summed E-state index contributed by atoms with van der Waals surface area (Å²) in [6.07, 6.45) is 0. The second kappa shape index (κ2) is 7.28. The molecule has 0 aliphatic heterocycles. The highest BCUT2D eigenvalue weighted by atomic mass is 32.2. The number of halogens is 1. The number of ether oxygens (including phenoxy) is 1. The van der Waals surface area contributed by atoms with Crippen molar-refractivity contribution in [1.29, 1.82) is 0 Å². The average Bonchev–Trinajstić information content (AvgIpc) is 2.97. The molecule has 0 saturated heterocycles. The highest BCUT2D eigenvalue weighted by Crippen LogP contribution is 2.27. The fraction of sp³-hybridized carbons (Fsp3) is 0.294. The number of nitrogens with zero attached hydrogens (tertiary/aromatic N) is 3. The van der Waals surface area contributed by atoms with Gasteiger partial charge < -0.3 is 14.3 Å². The van der Waals surface area contributed by atoms with Crippen LogP contribution in [0.25, 0.3) is 11.0 Å². The number of hydrogen-bond acceptors (Lipinski definition) is 6. The topological polar surface area (TPSA) is 89.9 Å². The van der Waals surface area contributed by atoms with Crippen molar-refractivity contribution in [3.8, 4) is 0 Å². The summed E-state index contributed by atoms with van der Waals surface area (Å²) in [6, 6.07) is 4.81. The summed E-state index contributed by atoms with van der Waals surface area (Å²) in [4.78, 5) is 34.5. The lowest BCUT2D eigenvalue weighted by atomic mass is 10.2. The fourth-order valence-corrected chi connectivity index (χ4v) is 3.78. The van der Waals surface area contributed by atoms with Crippen LogP contribution >= 0.6 is 11.8 Å². The van der Waals surface area contributed by atoms with Crippen LogP contribution in [0.15, 0.2) is 28.0 Å². The average molecular weight is 376 g/mol. The van der Waals surface area contributed by atoms with Gasteiger partial charge in [0.15, 0.2) is 5.82 Å². The largest absolute Gasteiger partial charge is 0.465 e. The molecule has 136 valence electrons. The maximum Gasteiger partial charge on any atom is 0.346 e. The molecule has 0 fully saturated rings. The van der Waals surface area contributed by atoms with Crippen molar-refractivity contribution in [2.45, 2.75) is 31.2 Å². The van der Waals surface area contributed by atoms with E-state index in [-0.39, 0.29) is 16.4 Å². The Hall–Kier alpha value is -2.68. The second-order valence-electron chi connectivity index (χ2n) is 5.51. The van der Waals surface area contributed by atoms with Crippen molar-refractivity contribution in [2.24, 2.45) is 0 Å². The van der Waals surface area contributed by atoms with Crippen LogP contribution in [0.4, 0.5) is 4.39 Å². The molecule has 2 heterocycles. The van der Waals surface area contributed by atoms with E-state index in [2.05, 4.69) is 15.0 Å². The van der Waals surface area contributed by atoms with Crippen molar-refractivity contribution < 1.29 is 13.9 Å². The zero-order valence-corrected chi connectivity index (χ0v) is 15.3. The molecule has 0 saturated carbocycles. The zero-order valence-electron chi connectivity index (χ0n) is 14.5. The maximum absolute atomic E-state index is 14.0. The Morgan fingerprint density at radius 3 is 2.85 bits per heavy atom. The van der Waals surface area contributed by atoms with E-state index in [1.807, 2.05) is 11.5 Å². The number of esters is 1. The Morgan fingerprint density at radius 1 is 1.38 bits per heavy atom. The summed E-state index contributed by atoms with van der Waals surface area (Å²) in [5.74, 6) is -0.0137. The Labute approximate surface area is 152 Å². The number of rotatable bonds is 5. The van der Waals surface area contributed by atoms with Crippen LogP contribution in [-0.2, 0) is 17.0 Å². The molecular formula is C17H17FN4O3S. The minimum absolute atomic E-state index is 0.211. The van der Waals surface area contributed by atoms with Gasteiger partial charge in [-0.05, 0) is 26.0 Å². The predicted octanol–water partition coefficient (Wildman–Crippen LogP) is 2.67. The Balaban J connectivity index is 2.00. The first-order chi connectivity index (χ1) is 12.5. The number of methoxy groups -OCH3 is 1. The van der Waals surface area contributed by atoms with Crippen molar-refractivity contribution in [2.75, 3.05) is 7.11 Å². The molecule has 1 N–H and O–H groups in total. The third-order valence-electron chi connectivity index (χ3n) is 3.94. The number of benzene rings is 1. The number of aromatic nitrogens is 4. The third-order valence-corrected chi connectivity index (χ3v) is 4.91. The van der Waals surface area contributed by atoms with Gasteiger partial charge in [0.05, 0.1) is 18.4 Å². The van der Waals surface area contributed by atoms with E-state index < -0.39 is 11.7 Å². The molecule has 3 aromatic rings. The molecule has 26 heavy (non-hydrogen) atoms. The molecule has 9 heteroatoms. The van der Waals surface area contributed by atoms with Gasteiger partial charge in [-0.1, -0.05) is 17.8 Å². The molecule has 0 amide bonds. The Kier molecular flexibility index (Phi) is 5.08. The maximum atomic E-state index is 14.0. The normalized spacial score (nSPS) is 11.1. The molecule has 0 spiro atoms. The van der Waals surface area contributed by atoms with Gasteiger partial charge in [0.1, 0.15) is 21.9 Å². The van der Waals surface area contributed by atoms with Gasteiger partial charge in [-0.2, -0.15) is 4.98 Å². The van der Waals surface area contributed by atoms with Crippen LogP contribution in [-0.4, -0.2) is 32.6 Å². The number of nitrogens with one attached hydrogen (secondary N) is 1. The van der Waals surface area contributed by atoms with Crippen molar-refractivity contribution in [3.05, 3.63) is 51.6 Å². The van der Waals surface area contributed by atoms with Crippen LogP contribution < -0.4 is 5.69 Å². The van der Waals surface area contributed by atoms with E-state index in [0.717, 1.165) is 0 Å². The lowest BCUT2D eigenvalue weighted by Crippen LogP contribution is -2.19. The van der Waals surface area contributed by atoms with E-state index >= 15 is 0 Å². The standard InChI is InChI=1S/C17H17FN4O3S/c1-4-22-11-7-5-6-10(18)14(11)20-12(22)8-26-15-13(16(23)25-3)9(2)19-17(24)21-15/h5-7H,4,8H2,1-3H3,(H,19,21,24). The monoisotopic (exact) mass is 376 g/mol. The third kappa shape index (κ3) is 3.22. The van der Waals surface area contributed by atoms with E-state index in [1.54, 1.807) is 19.1 Å². The number of carbonyl (C=O) groups is 1. The van der Waals surface area contributed by atoms with E-state index in [4.69, 9.17) is 4.74 Å². The minimum Gasteiger partial charge on any atom is -0.465 e. The smallest absolute Gasteiger partial charge is 0.346 e. The number of imidazole rings is 1. The number of aryl methyl sites for hydroxylation is 2. The summed E-state index contributed by atoms with van der Waals surface area (Å²) < 4.78 is 20.7. The van der Waals surface area contributed by atoms with Crippen LogP contribution in [0, 0.1) is 12.7 Å². The van der Waals surface area contributed by atoms with Gasteiger partial charge in [0.25, 0.3) is 0 Å². The molecule has 7 nitrogen and oxygen atoms in total. The molecule has 0 aliphatic rings. The molecule has 0 atom stereocenters. The number of para-hydroxylation sites is 1. The first-order valence-electron chi connectivity index (χ1n) is 7.91. The first-order valence-corrected chi connectivity index (χ1v) is 8.90. The zero-order chi connectivity index (χ0) is 18.8. The van der Waals surface area contributed by atoms with Gasteiger partial charge in [0.2, 0.25) is 0 Å². The fourth-order valence-electron chi connectivity index (χ4n) is 2.76. The van der Waals surface area contributed by atoms with E-state index in [1.165, 1.54) is 24.9 Å². The summed E-state index contributed by atoms with van der Waals surface area (Å²) in [5.41, 5.74) is 1.05. The number of H-pyrrole nitrogens is 1. The lowest BCUT2D eigenvalue weighted by molar-refractivity contribution is 0.0594. The number of aromatic amines is 1. The second-order valence-corrected chi connectivity index (χ2v) is 6.47. The molecule has 0 bridgehead atoms. The lowest BCUT2D eigenvalue weighted by Gasteiger charge is -2.09. The number of fused-ring (bicyclic) bond motifs is 1. The Bertz CT molecular complexity index is 1040. The molecule has 0 radical (unpaired) electrons. The highest BCUT2D eigenvalue weighted by molar-refractivity contribution is 7.98. The molecule has 0 aliphatic carbocycles. The van der Waals surface area contributed by atoms with Crippen LogP contribution in [0.3, 0.4) is 0 Å². The minimum atomic E-state index is -0.580. The number of hydrogen-bond donors (Lipinski definition) is 1. The molecular weight excluding hydrogens is 359 g/mol. The van der Waals surface area contributed by atoms with E-state index in [0.29, 0.717) is 34.8 Å². The quantitative estimate of drug-likeness (QED) is 0.418. The van der Waals surface area contributed by atoms with Gasteiger partial charge in [-0.3, -0.25) is 0 Å². The van der Waals surface area contributed by atoms with Crippen molar-refractivity contribution in [3.63, 3.8) is 0 Å². The van der Waals surface area contributed by atoms with Crippen molar-refractivity contribution in [1.82, 2.24) is 19.5 Å². The number of thioether (sulfide) groups is 1. The van der Waals surface area contributed by atoms with E-state index in [9.17, 15) is 14.0 Å². The van der Waals surface area contributed by atoms with Crippen molar-refractivity contribution >= 4 is 28.8 Å². The summed E-state index contributed by atoms with van der Waals surface area (Å²) in [5, 5.41) is 0.258. The molecule has 0 unspecified atom stereocenters. The Morgan fingerprint density at radius 2 is 2.15 bits per heavy atom. The van der Waals surface area contributed by atoms with Gasteiger partial charge in [-0.15, -0.1) is 0 Å². The molecule has 3 rings (SSSR count). The number of carbonyl (C=O) groups excluding carboxylic acids is 1.